The van der Waals surface area contributed by atoms with Gasteiger partial charge in [0.25, 0.3) is 0 Å². The summed E-state index contributed by atoms with van der Waals surface area (Å²) in [6.45, 7) is 13.9. The molecular weight excluding hydrogens is 596 g/mol. The van der Waals surface area contributed by atoms with Crippen molar-refractivity contribution in [2.45, 2.75) is 62.8 Å². The Balaban J connectivity index is 0.00000400. The summed E-state index contributed by atoms with van der Waals surface area (Å²) in [4.78, 5) is 9.13. The first kappa shape index (κ1) is 34.2. The summed E-state index contributed by atoms with van der Waals surface area (Å²) in [6.07, 6.45) is 15.3. The zero-order chi connectivity index (χ0) is 29.8. The topological polar surface area (TPSA) is 37.7 Å². The molecule has 2 N–H and O–H groups in total. The average molecular weight is 650 g/mol. The molecular formula is C37H54ClN6S+. The van der Waals surface area contributed by atoms with Gasteiger partial charge in [0.1, 0.15) is 6.54 Å². The molecule has 6 nitrogen and oxygen atoms in total. The molecule has 0 unspecified atom stereocenters. The zero-order valence-electron chi connectivity index (χ0n) is 27.1. The number of hydrogen-bond acceptors (Lipinski definition) is 6. The molecule has 2 aromatic carbocycles. The fourth-order valence-corrected chi connectivity index (χ4v) is 8.12. The lowest BCUT2D eigenvalue weighted by Crippen LogP contribution is -2.38. The van der Waals surface area contributed by atoms with Gasteiger partial charge in [-0.3, -0.25) is 0 Å². The standard InChI is InChI=1S/C37H53N6S.ClH/c1-7-22-40(23-8-1)29-20-38-18-11-26-42-28-17-32(33-13-3-4-14-34(33)42)31-37-43(35-15-5-6-16-36(35)44-37)27-12-19-39-21-30-41-24-9-2-10-25-41;/h3-6,13-17,28,31,38-39H,1-2,7-12,18-27,29-30H2;1H/q+1;. The number of pyridine rings is 1. The Kier molecular flexibility index (Phi) is 13.9. The second-order valence-electron chi connectivity index (χ2n) is 12.7. The molecule has 2 fully saturated rings. The van der Waals surface area contributed by atoms with Gasteiger partial charge >= 0.3 is 0 Å². The van der Waals surface area contributed by atoms with Gasteiger partial charge in [-0.15, -0.1) is 12.4 Å². The number of piperidine rings is 2. The highest BCUT2D eigenvalue weighted by Gasteiger charge is 2.25. The van der Waals surface area contributed by atoms with E-state index in [0.717, 1.165) is 52.1 Å². The molecule has 0 amide bonds. The van der Waals surface area contributed by atoms with Gasteiger partial charge in [0, 0.05) is 62.7 Å². The van der Waals surface area contributed by atoms with Crippen molar-refractivity contribution in [2.75, 3.05) is 76.9 Å². The van der Waals surface area contributed by atoms with Crippen molar-refractivity contribution in [3.63, 3.8) is 0 Å². The van der Waals surface area contributed by atoms with Crippen LogP contribution in [-0.4, -0.2) is 81.8 Å². The van der Waals surface area contributed by atoms with Crippen LogP contribution in [0.25, 0.3) is 17.0 Å². The minimum atomic E-state index is 0. The molecule has 0 bridgehead atoms. The first-order valence-electron chi connectivity index (χ1n) is 17.4. The lowest BCUT2D eigenvalue weighted by Gasteiger charge is -2.26. The Morgan fingerprint density at radius 2 is 1.33 bits per heavy atom. The maximum absolute atomic E-state index is 3.71. The number of halogens is 1. The van der Waals surface area contributed by atoms with Crippen LogP contribution in [0, 0.1) is 0 Å². The minimum Gasteiger partial charge on any atom is -0.335 e. The summed E-state index contributed by atoms with van der Waals surface area (Å²) in [5.41, 5.74) is 3.97. The van der Waals surface area contributed by atoms with Gasteiger partial charge < -0.3 is 25.3 Å². The highest BCUT2D eigenvalue weighted by Crippen LogP contribution is 2.46. The highest BCUT2D eigenvalue weighted by atomic mass is 35.5. The normalized spacial score (nSPS) is 18.4. The van der Waals surface area contributed by atoms with E-state index in [0.29, 0.717) is 0 Å². The second-order valence-corrected chi connectivity index (χ2v) is 13.8. The van der Waals surface area contributed by atoms with Crippen molar-refractivity contribution in [3.05, 3.63) is 71.4 Å². The smallest absolute Gasteiger partial charge is 0.213 e. The third-order valence-corrected chi connectivity index (χ3v) is 10.6. The van der Waals surface area contributed by atoms with Crippen LogP contribution in [0.2, 0.25) is 0 Å². The van der Waals surface area contributed by atoms with E-state index in [2.05, 4.69) is 96.8 Å². The number of fused-ring (bicyclic) bond motifs is 2. The number of anilines is 1. The first-order chi connectivity index (χ1) is 21.8. The van der Waals surface area contributed by atoms with Crippen molar-refractivity contribution < 1.29 is 4.57 Å². The lowest BCUT2D eigenvalue weighted by molar-refractivity contribution is -0.671. The molecule has 0 saturated carbocycles. The SMILES string of the molecule is C(=C1/Sc2ccccc2N1CCCNCCN1CCCCC1)/c1cc[n+](CCCNCCN2CCCCC2)c2ccccc12.Cl. The fourth-order valence-electron chi connectivity index (χ4n) is 6.98. The summed E-state index contributed by atoms with van der Waals surface area (Å²) in [5.74, 6) is 0. The van der Waals surface area contributed by atoms with Crippen LogP contribution in [0.5, 0.6) is 0 Å². The van der Waals surface area contributed by atoms with Gasteiger partial charge in [-0.05, 0) is 94.7 Å². The zero-order valence-corrected chi connectivity index (χ0v) is 28.7. The molecule has 0 spiro atoms. The van der Waals surface area contributed by atoms with Crippen molar-refractivity contribution in [2.24, 2.45) is 0 Å². The monoisotopic (exact) mass is 649 g/mol. The predicted molar refractivity (Wildman–Crippen MR) is 195 cm³/mol. The van der Waals surface area contributed by atoms with Crippen molar-refractivity contribution in [1.29, 1.82) is 0 Å². The van der Waals surface area contributed by atoms with Gasteiger partial charge in [-0.25, -0.2) is 0 Å². The van der Waals surface area contributed by atoms with Gasteiger partial charge in [0.05, 0.1) is 16.1 Å². The van der Waals surface area contributed by atoms with E-state index in [4.69, 9.17) is 0 Å². The van der Waals surface area contributed by atoms with E-state index in [1.54, 1.807) is 0 Å². The van der Waals surface area contributed by atoms with E-state index in [-0.39, 0.29) is 12.4 Å². The molecule has 0 radical (unpaired) electrons. The number of benzene rings is 2. The fraction of sp³-hybridized carbons (Fsp3) is 0.541. The molecule has 2 saturated heterocycles. The molecule has 244 valence electrons. The van der Waals surface area contributed by atoms with Crippen LogP contribution in [0.15, 0.2) is 70.7 Å². The molecule has 6 rings (SSSR count). The van der Waals surface area contributed by atoms with Crippen LogP contribution in [0.4, 0.5) is 5.69 Å². The van der Waals surface area contributed by atoms with Crippen molar-refractivity contribution >= 4 is 46.8 Å². The Morgan fingerprint density at radius 1 is 0.689 bits per heavy atom. The van der Waals surface area contributed by atoms with Crippen LogP contribution in [0.3, 0.4) is 0 Å². The van der Waals surface area contributed by atoms with Crippen LogP contribution >= 0.6 is 24.2 Å². The van der Waals surface area contributed by atoms with E-state index in [1.165, 1.54) is 110 Å². The lowest BCUT2D eigenvalue weighted by atomic mass is 10.1. The molecule has 1 aromatic heterocycles. The van der Waals surface area contributed by atoms with Crippen molar-refractivity contribution in [3.8, 4) is 0 Å². The predicted octanol–water partition coefficient (Wildman–Crippen LogP) is 6.39. The number of hydrogen-bond donors (Lipinski definition) is 2. The van der Waals surface area contributed by atoms with E-state index in [1.807, 2.05) is 11.8 Å². The molecule has 0 atom stereocenters. The quantitative estimate of drug-likeness (QED) is 0.147. The largest absolute Gasteiger partial charge is 0.335 e. The van der Waals surface area contributed by atoms with E-state index >= 15 is 0 Å². The Morgan fingerprint density at radius 3 is 2.07 bits per heavy atom. The Hall–Kier alpha value is -2.13. The second kappa shape index (κ2) is 18.3. The van der Waals surface area contributed by atoms with Crippen molar-refractivity contribution in [1.82, 2.24) is 20.4 Å². The Labute approximate surface area is 282 Å². The number of nitrogens with zero attached hydrogens (tertiary/aromatic N) is 4. The van der Waals surface area contributed by atoms with Crippen LogP contribution < -0.4 is 20.1 Å². The molecule has 8 heteroatoms. The summed E-state index contributed by atoms with van der Waals surface area (Å²) < 4.78 is 2.44. The van der Waals surface area contributed by atoms with Crippen LogP contribution in [0.1, 0.15) is 56.9 Å². The average Bonchev–Trinajstić information content (AvgIpc) is 3.42. The molecule has 3 aliphatic heterocycles. The summed E-state index contributed by atoms with van der Waals surface area (Å²) in [6, 6.07) is 20.1. The number of rotatable bonds is 15. The van der Waals surface area contributed by atoms with Crippen LogP contribution in [-0.2, 0) is 6.54 Å². The third-order valence-electron chi connectivity index (χ3n) is 9.47. The molecule has 3 aromatic rings. The minimum absolute atomic E-state index is 0. The maximum atomic E-state index is 3.71. The Bertz CT molecular complexity index is 1350. The summed E-state index contributed by atoms with van der Waals surface area (Å²) in [5, 5.41) is 10.1. The van der Waals surface area contributed by atoms with Gasteiger partial charge in [0.15, 0.2) is 6.20 Å². The van der Waals surface area contributed by atoms with Gasteiger partial charge in [-0.2, -0.15) is 4.57 Å². The number of para-hydroxylation sites is 2. The summed E-state index contributed by atoms with van der Waals surface area (Å²) in [7, 11) is 0. The highest BCUT2D eigenvalue weighted by molar-refractivity contribution is 8.03. The maximum Gasteiger partial charge on any atom is 0.213 e. The first-order valence-corrected chi connectivity index (χ1v) is 18.2. The third kappa shape index (κ3) is 9.69. The van der Waals surface area contributed by atoms with Gasteiger partial charge in [-0.1, -0.05) is 48.9 Å². The van der Waals surface area contributed by atoms with E-state index < -0.39 is 0 Å². The number of aromatic nitrogens is 1. The number of aryl methyl sites for hydroxylation is 1. The molecule has 4 heterocycles. The summed E-state index contributed by atoms with van der Waals surface area (Å²) >= 11 is 1.91. The molecule has 0 aliphatic carbocycles. The number of nitrogens with one attached hydrogen (secondary N) is 2. The van der Waals surface area contributed by atoms with Gasteiger partial charge in [0.2, 0.25) is 5.52 Å². The number of likely N-dealkylation sites (tertiary alicyclic amines) is 2. The van der Waals surface area contributed by atoms with E-state index in [9.17, 15) is 0 Å². The number of thioether (sulfide) groups is 1. The molecule has 45 heavy (non-hydrogen) atoms. The molecule has 3 aliphatic rings.